The summed E-state index contributed by atoms with van der Waals surface area (Å²) in [4.78, 5) is 11.9. The molecule has 0 spiro atoms. The maximum Gasteiger partial charge on any atom is 0.224 e. The van der Waals surface area contributed by atoms with Crippen LogP contribution >= 0.6 is 0 Å². The van der Waals surface area contributed by atoms with Crippen molar-refractivity contribution in [3.8, 4) is 0 Å². The zero-order valence-electron chi connectivity index (χ0n) is 9.15. The fraction of sp³-hybridized carbons (Fsp3) is 0.750. The van der Waals surface area contributed by atoms with Gasteiger partial charge in [0.2, 0.25) is 5.91 Å². The van der Waals surface area contributed by atoms with Gasteiger partial charge in [-0.3, -0.25) is 4.79 Å². The molecule has 0 aromatic rings. The summed E-state index contributed by atoms with van der Waals surface area (Å²) in [6, 6.07) is -0.0689. The van der Waals surface area contributed by atoms with Crippen molar-refractivity contribution in [2.45, 2.75) is 32.2 Å². The Morgan fingerprint density at radius 3 is 2.80 bits per heavy atom. The molecule has 3 heteroatoms. The molecule has 1 saturated carbocycles. The van der Waals surface area contributed by atoms with Crippen LogP contribution in [-0.4, -0.2) is 23.7 Å². The van der Waals surface area contributed by atoms with Crippen molar-refractivity contribution >= 4 is 5.91 Å². The van der Waals surface area contributed by atoms with Crippen LogP contribution in [0.15, 0.2) is 12.2 Å². The van der Waals surface area contributed by atoms with E-state index < -0.39 is 0 Å². The highest BCUT2D eigenvalue weighted by Gasteiger charge is 2.39. The molecule has 0 heterocycles. The Bertz CT molecular complexity index is 271. The Hall–Kier alpha value is -0.830. The molecule has 1 amide bonds. The Balaban J connectivity index is 1.89. The van der Waals surface area contributed by atoms with Gasteiger partial charge in [-0.25, -0.2) is 0 Å². The number of allylic oxidation sites excluding steroid dienone is 2. The minimum Gasteiger partial charge on any atom is -0.394 e. The van der Waals surface area contributed by atoms with Gasteiger partial charge in [0, 0.05) is 5.92 Å². The number of fused-ring (bicyclic) bond motifs is 2. The normalized spacial score (nSPS) is 34.4. The Labute approximate surface area is 90.6 Å². The van der Waals surface area contributed by atoms with Crippen LogP contribution in [0.5, 0.6) is 0 Å². The fourth-order valence-corrected chi connectivity index (χ4v) is 2.67. The summed E-state index contributed by atoms with van der Waals surface area (Å²) in [5, 5.41) is 11.9. The smallest absolute Gasteiger partial charge is 0.224 e. The van der Waals surface area contributed by atoms with Gasteiger partial charge in [-0.05, 0) is 31.1 Å². The lowest BCUT2D eigenvalue weighted by Gasteiger charge is -2.21. The highest BCUT2D eigenvalue weighted by Crippen LogP contribution is 2.43. The number of carbonyl (C=O) groups excluding carboxylic acids is 1. The zero-order valence-corrected chi connectivity index (χ0v) is 9.15. The number of rotatable bonds is 4. The monoisotopic (exact) mass is 209 g/mol. The van der Waals surface area contributed by atoms with E-state index >= 15 is 0 Å². The number of aliphatic hydroxyl groups is 1. The largest absolute Gasteiger partial charge is 0.394 e. The van der Waals surface area contributed by atoms with Crippen molar-refractivity contribution in [2.24, 2.45) is 17.8 Å². The number of amides is 1. The van der Waals surface area contributed by atoms with Gasteiger partial charge in [-0.1, -0.05) is 19.1 Å². The third-order valence-corrected chi connectivity index (χ3v) is 3.68. The van der Waals surface area contributed by atoms with Crippen LogP contribution in [0.25, 0.3) is 0 Å². The molecule has 2 aliphatic rings. The highest BCUT2D eigenvalue weighted by atomic mass is 16.3. The van der Waals surface area contributed by atoms with E-state index in [1.54, 1.807) is 0 Å². The summed E-state index contributed by atoms with van der Waals surface area (Å²) in [5.41, 5.74) is 0. The molecule has 0 saturated heterocycles. The van der Waals surface area contributed by atoms with Gasteiger partial charge < -0.3 is 10.4 Å². The van der Waals surface area contributed by atoms with E-state index in [-0.39, 0.29) is 24.5 Å². The first kappa shape index (κ1) is 10.7. The van der Waals surface area contributed by atoms with Crippen LogP contribution in [0.1, 0.15) is 26.2 Å². The van der Waals surface area contributed by atoms with Gasteiger partial charge in [0.25, 0.3) is 0 Å². The molecule has 2 aliphatic carbocycles. The number of nitrogens with one attached hydrogen (secondary N) is 1. The Morgan fingerprint density at radius 2 is 2.33 bits per heavy atom. The van der Waals surface area contributed by atoms with Gasteiger partial charge in [0.15, 0.2) is 0 Å². The minimum atomic E-state index is -0.0689. The van der Waals surface area contributed by atoms with Crippen LogP contribution in [0.3, 0.4) is 0 Å². The summed E-state index contributed by atoms with van der Waals surface area (Å²) in [7, 11) is 0. The van der Waals surface area contributed by atoms with Crippen LogP contribution in [0, 0.1) is 17.8 Å². The van der Waals surface area contributed by atoms with Crippen molar-refractivity contribution in [2.75, 3.05) is 6.61 Å². The van der Waals surface area contributed by atoms with Crippen LogP contribution in [0.2, 0.25) is 0 Å². The molecule has 0 radical (unpaired) electrons. The molecule has 2 bridgehead atoms. The van der Waals surface area contributed by atoms with Gasteiger partial charge >= 0.3 is 0 Å². The molecule has 1 fully saturated rings. The summed E-state index contributed by atoms with van der Waals surface area (Å²) in [6.45, 7) is 2.01. The molecule has 84 valence electrons. The summed E-state index contributed by atoms with van der Waals surface area (Å²) < 4.78 is 0. The average Bonchev–Trinajstić information content (AvgIpc) is 2.87. The molecular weight excluding hydrogens is 190 g/mol. The van der Waals surface area contributed by atoms with Crippen LogP contribution in [0.4, 0.5) is 0 Å². The van der Waals surface area contributed by atoms with E-state index in [9.17, 15) is 4.79 Å². The van der Waals surface area contributed by atoms with Crippen LogP contribution in [-0.2, 0) is 4.79 Å². The fourth-order valence-electron chi connectivity index (χ4n) is 2.67. The molecule has 3 unspecified atom stereocenters. The second-order valence-corrected chi connectivity index (χ2v) is 4.68. The second-order valence-electron chi connectivity index (χ2n) is 4.68. The maximum absolute atomic E-state index is 11.9. The van der Waals surface area contributed by atoms with E-state index in [2.05, 4.69) is 17.5 Å². The zero-order chi connectivity index (χ0) is 10.8. The SMILES string of the molecule is CC[C@@H](CO)NC(=O)C1CC2C=CC1C2. The maximum atomic E-state index is 11.9. The molecule has 2 N–H and O–H groups in total. The third-order valence-electron chi connectivity index (χ3n) is 3.68. The Kier molecular flexibility index (Phi) is 3.10. The molecule has 15 heavy (non-hydrogen) atoms. The summed E-state index contributed by atoms with van der Waals surface area (Å²) in [6.07, 6.45) is 7.35. The highest BCUT2D eigenvalue weighted by molar-refractivity contribution is 5.80. The Morgan fingerprint density at radius 1 is 1.53 bits per heavy atom. The molecule has 0 aromatic heterocycles. The quantitative estimate of drug-likeness (QED) is 0.681. The van der Waals surface area contributed by atoms with Crippen molar-refractivity contribution in [1.82, 2.24) is 5.32 Å². The number of carbonyl (C=O) groups is 1. The van der Waals surface area contributed by atoms with Crippen molar-refractivity contribution in [1.29, 1.82) is 0 Å². The third kappa shape index (κ3) is 2.07. The summed E-state index contributed by atoms with van der Waals surface area (Å²) in [5.74, 6) is 1.36. The van der Waals surface area contributed by atoms with Crippen LogP contribution < -0.4 is 5.32 Å². The summed E-state index contributed by atoms with van der Waals surface area (Å²) >= 11 is 0. The lowest BCUT2D eigenvalue weighted by Crippen LogP contribution is -2.41. The number of hydrogen-bond donors (Lipinski definition) is 2. The molecule has 2 rings (SSSR count). The molecule has 0 aromatic carbocycles. The number of aliphatic hydroxyl groups excluding tert-OH is 1. The van der Waals surface area contributed by atoms with Gasteiger partial charge in [0.05, 0.1) is 12.6 Å². The minimum absolute atomic E-state index is 0.0406. The lowest BCUT2D eigenvalue weighted by molar-refractivity contribution is -0.126. The van der Waals surface area contributed by atoms with E-state index in [1.165, 1.54) is 0 Å². The molecule has 4 atom stereocenters. The van der Waals surface area contributed by atoms with Gasteiger partial charge in [0.1, 0.15) is 0 Å². The van der Waals surface area contributed by atoms with E-state index in [0.717, 1.165) is 19.3 Å². The molecule has 0 aliphatic heterocycles. The first-order chi connectivity index (χ1) is 7.24. The molecule has 3 nitrogen and oxygen atoms in total. The predicted octanol–water partition coefficient (Wildman–Crippen LogP) is 1.09. The standard InChI is InChI=1S/C12H19NO2/c1-2-10(7-14)13-12(15)11-6-8-3-4-9(11)5-8/h3-4,8-11,14H,2,5-7H2,1H3,(H,13,15)/t8?,9?,10-,11?/m0/s1. The van der Waals surface area contributed by atoms with Crippen molar-refractivity contribution in [3.63, 3.8) is 0 Å². The first-order valence-electron chi connectivity index (χ1n) is 5.84. The first-order valence-corrected chi connectivity index (χ1v) is 5.84. The lowest BCUT2D eigenvalue weighted by atomic mass is 9.92. The van der Waals surface area contributed by atoms with Crippen molar-refractivity contribution in [3.05, 3.63) is 12.2 Å². The second kappa shape index (κ2) is 4.35. The van der Waals surface area contributed by atoms with Crippen molar-refractivity contribution < 1.29 is 9.90 Å². The van der Waals surface area contributed by atoms with Gasteiger partial charge in [-0.2, -0.15) is 0 Å². The molecular formula is C12H19NO2. The van der Waals surface area contributed by atoms with E-state index in [4.69, 9.17) is 5.11 Å². The number of hydrogen-bond acceptors (Lipinski definition) is 2. The van der Waals surface area contributed by atoms with E-state index in [1.807, 2.05) is 6.92 Å². The van der Waals surface area contributed by atoms with E-state index in [0.29, 0.717) is 11.8 Å². The predicted molar refractivity (Wildman–Crippen MR) is 58.2 cm³/mol. The van der Waals surface area contributed by atoms with Gasteiger partial charge in [-0.15, -0.1) is 0 Å². The topological polar surface area (TPSA) is 49.3 Å². The average molecular weight is 209 g/mol.